The number of hydrogen-bond acceptors (Lipinski definition) is 6. The highest BCUT2D eigenvalue weighted by atomic mass is 32.2. The Morgan fingerprint density at radius 3 is 2.35 bits per heavy atom. The number of rotatable bonds is 9. The van der Waals surface area contributed by atoms with Crippen LogP contribution in [0.3, 0.4) is 0 Å². The molecule has 23 heavy (non-hydrogen) atoms. The van der Waals surface area contributed by atoms with E-state index in [1.54, 1.807) is 18.7 Å². The quantitative estimate of drug-likeness (QED) is 0.694. The van der Waals surface area contributed by atoms with Crippen LogP contribution in [0.2, 0.25) is 0 Å². The first kappa shape index (κ1) is 19.6. The van der Waals surface area contributed by atoms with Crippen LogP contribution in [0.4, 0.5) is 0 Å². The van der Waals surface area contributed by atoms with E-state index in [4.69, 9.17) is 4.52 Å². The highest BCUT2D eigenvalue weighted by Gasteiger charge is 2.24. The van der Waals surface area contributed by atoms with Crippen molar-refractivity contribution >= 4 is 15.9 Å². The molecule has 8 nitrogen and oxygen atoms in total. The normalized spacial score (nSPS) is 11.9. The van der Waals surface area contributed by atoms with Crippen molar-refractivity contribution in [3.8, 4) is 0 Å². The van der Waals surface area contributed by atoms with Crippen molar-refractivity contribution in [1.29, 1.82) is 0 Å². The van der Waals surface area contributed by atoms with Crippen LogP contribution < -0.4 is 4.72 Å². The van der Waals surface area contributed by atoms with E-state index in [1.807, 2.05) is 19.0 Å². The molecule has 0 unspecified atom stereocenters. The first-order valence-electron chi connectivity index (χ1n) is 7.48. The Morgan fingerprint density at radius 2 is 1.87 bits per heavy atom. The van der Waals surface area contributed by atoms with Gasteiger partial charge >= 0.3 is 0 Å². The Kier molecular flexibility index (Phi) is 7.17. The molecule has 0 aliphatic rings. The predicted molar refractivity (Wildman–Crippen MR) is 86.6 cm³/mol. The summed E-state index contributed by atoms with van der Waals surface area (Å²) < 4.78 is 31.9. The van der Waals surface area contributed by atoms with Crippen LogP contribution >= 0.6 is 0 Å². The summed E-state index contributed by atoms with van der Waals surface area (Å²) in [7, 11) is 0.250. The van der Waals surface area contributed by atoms with Crippen molar-refractivity contribution in [2.24, 2.45) is 0 Å². The summed E-state index contributed by atoms with van der Waals surface area (Å²) in [6.07, 6.45) is 0.837. The molecule has 0 atom stereocenters. The molecule has 0 aliphatic heterocycles. The van der Waals surface area contributed by atoms with Crippen LogP contribution in [0.1, 0.15) is 24.8 Å². The van der Waals surface area contributed by atoms with E-state index in [0.717, 1.165) is 13.0 Å². The summed E-state index contributed by atoms with van der Waals surface area (Å²) in [4.78, 5) is 15.4. The maximum Gasteiger partial charge on any atom is 0.246 e. The third kappa shape index (κ3) is 5.92. The van der Waals surface area contributed by atoms with Gasteiger partial charge in [-0.1, -0.05) is 5.16 Å². The molecule has 132 valence electrons. The van der Waals surface area contributed by atoms with Gasteiger partial charge in [0.2, 0.25) is 15.9 Å². The lowest BCUT2D eigenvalue weighted by molar-refractivity contribution is -0.128. The third-order valence-corrected chi connectivity index (χ3v) is 5.09. The highest BCUT2D eigenvalue weighted by Crippen LogP contribution is 2.18. The van der Waals surface area contributed by atoms with Gasteiger partial charge < -0.3 is 14.3 Å². The fraction of sp³-hybridized carbons (Fsp3) is 0.714. The second-order valence-corrected chi connectivity index (χ2v) is 7.42. The summed E-state index contributed by atoms with van der Waals surface area (Å²) in [5.41, 5.74) is 0.324. The highest BCUT2D eigenvalue weighted by molar-refractivity contribution is 7.89. The zero-order chi connectivity index (χ0) is 17.6. The van der Waals surface area contributed by atoms with Crippen molar-refractivity contribution in [3.05, 3.63) is 11.5 Å². The summed E-state index contributed by atoms with van der Waals surface area (Å²) in [5, 5.41) is 3.65. The van der Waals surface area contributed by atoms with E-state index in [1.165, 1.54) is 6.92 Å². The van der Waals surface area contributed by atoms with Gasteiger partial charge in [-0.25, -0.2) is 13.1 Å². The molecule has 0 spiro atoms. The number of sulfonamides is 1. The van der Waals surface area contributed by atoms with Gasteiger partial charge in [-0.3, -0.25) is 4.79 Å². The van der Waals surface area contributed by atoms with E-state index in [-0.39, 0.29) is 23.1 Å². The largest absolute Gasteiger partial charge is 0.360 e. The van der Waals surface area contributed by atoms with Crippen LogP contribution in [0.5, 0.6) is 0 Å². The minimum Gasteiger partial charge on any atom is -0.360 e. The molecule has 0 saturated carbocycles. The molecule has 1 N–H and O–H groups in total. The summed E-state index contributed by atoms with van der Waals surface area (Å²) in [5.74, 6) is 0.185. The second kappa shape index (κ2) is 8.42. The maximum absolute atomic E-state index is 12.3. The number of hydrogen-bond donors (Lipinski definition) is 1. The van der Waals surface area contributed by atoms with Crippen molar-refractivity contribution in [2.75, 3.05) is 40.3 Å². The molecule has 0 saturated heterocycles. The van der Waals surface area contributed by atoms with Gasteiger partial charge in [0.05, 0.1) is 0 Å². The van der Waals surface area contributed by atoms with Crippen molar-refractivity contribution in [3.63, 3.8) is 0 Å². The van der Waals surface area contributed by atoms with E-state index in [9.17, 15) is 13.2 Å². The summed E-state index contributed by atoms with van der Waals surface area (Å²) in [6, 6.07) is 0. The first-order valence-corrected chi connectivity index (χ1v) is 8.96. The van der Waals surface area contributed by atoms with E-state index >= 15 is 0 Å². The van der Waals surface area contributed by atoms with Crippen LogP contribution in [-0.2, 0) is 14.8 Å². The Bertz CT molecular complexity index is 605. The van der Waals surface area contributed by atoms with Crippen molar-refractivity contribution in [1.82, 2.24) is 19.7 Å². The molecule has 0 aliphatic carbocycles. The van der Waals surface area contributed by atoms with E-state index in [2.05, 4.69) is 9.88 Å². The van der Waals surface area contributed by atoms with E-state index in [0.29, 0.717) is 18.8 Å². The second-order valence-electron chi connectivity index (χ2n) is 5.71. The van der Waals surface area contributed by atoms with Crippen LogP contribution in [-0.4, -0.2) is 69.6 Å². The molecule has 9 heteroatoms. The van der Waals surface area contributed by atoms with Crippen LogP contribution in [0.15, 0.2) is 9.42 Å². The molecule has 1 rings (SSSR count). The van der Waals surface area contributed by atoms with Gasteiger partial charge in [-0.15, -0.1) is 0 Å². The number of aryl methyl sites for hydroxylation is 2. The Morgan fingerprint density at radius 1 is 1.22 bits per heavy atom. The average molecular weight is 346 g/mol. The fourth-order valence-electron chi connectivity index (χ4n) is 2.25. The lowest BCUT2D eigenvalue weighted by atomic mass is 10.3. The molecule has 0 aromatic carbocycles. The molecule has 0 bridgehead atoms. The standard InChI is InChI=1S/C14H26N4O4S/c1-11-14(12(2)22-16-11)23(20,21)15-7-10-18(13(3)19)9-6-8-17(4)5/h15H,6-10H2,1-5H3. The number of aromatic nitrogens is 1. The molecule has 1 aromatic rings. The molecular formula is C14H26N4O4S. The molecule has 0 fully saturated rings. The third-order valence-electron chi connectivity index (χ3n) is 3.39. The first-order chi connectivity index (χ1) is 10.6. The fourth-order valence-corrected chi connectivity index (χ4v) is 3.60. The summed E-state index contributed by atoms with van der Waals surface area (Å²) >= 11 is 0. The van der Waals surface area contributed by atoms with Crippen LogP contribution in [0, 0.1) is 13.8 Å². The topological polar surface area (TPSA) is 95.8 Å². The Labute approximate surface area is 137 Å². The monoisotopic (exact) mass is 346 g/mol. The number of carbonyl (C=O) groups is 1. The minimum absolute atomic E-state index is 0.0690. The number of carbonyl (C=O) groups excluding carboxylic acids is 1. The predicted octanol–water partition coefficient (Wildman–Crippen LogP) is 0.370. The van der Waals surface area contributed by atoms with Gasteiger partial charge in [-0.2, -0.15) is 0 Å². The SMILES string of the molecule is CC(=O)N(CCCN(C)C)CCNS(=O)(=O)c1c(C)noc1C. The maximum atomic E-state index is 12.3. The molecule has 1 amide bonds. The van der Waals surface area contributed by atoms with Gasteiger partial charge in [0, 0.05) is 26.6 Å². The van der Waals surface area contributed by atoms with Crippen molar-refractivity contribution < 1.29 is 17.7 Å². The van der Waals surface area contributed by atoms with Gasteiger partial charge in [-0.05, 0) is 40.9 Å². The lowest BCUT2D eigenvalue weighted by Crippen LogP contribution is -2.38. The molecule has 1 heterocycles. The average Bonchev–Trinajstić information content (AvgIpc) is 2.76. The number of amides is 1. The van der Waals surface area contributed by atoms with Crippen molar-refractivity contribution in [2.45, 2.75) is 32.1 Å². The molecule has 0 radical (unpaired) electrons. The molecule has 1 aromatic heterocycles. The zero-order valence-electron chi connectivity index (χ0n) is 14.4. The number of nitrogens with zero attached hydrogens (tertiary/aromatic N) is 3. The zero-order valence-corrected chi connectivity index (χ0v) is 15.2. The van der Waals surface area contributed by atoms with Gasteiger partial charge in [0.25, 0.3) is 0 Å². The van der Waals surface area contributed by atoms with E-state index < -0.39 is 10.0 Å². The van der Waals surface area contributed by atoms with Gasteiger partial charge in [0.15, 0.2) is 5.76 Å². The van der Waals surface area contributed by atoms with Gasteiger partial charge in [0.1, 0.15) is 10.6 Å². The minimum atomic E-state index is -3.69. The molecular weight excluding hydrogens is 320 g/mol. The summed E-state index contributed by atoms with van der Waals surface area (Å²) in [6.45, 7) is 6.55. The number of nitrogens with one attached hydrogen (secondary N) is 1. The van der Waals surface area contributed by atoms with Crippen LogP contribution in [0.25, 0.3) is 0 Å². The smallest absolute Gasteiger partial charge is 0.246 e. The Balaban J connectivity index is 2.57. The Hall–Kier alpha value is -1.45. The lowest BCUT2D eigenvalue weighted by Gasteiger charge is -2.22.